The van der Waals surface area contributed by atoms with Crippen LogP contribution in [-0.4, -0.2) is 22.9 Å². The van der Waals surface area contributed by atoms with Crippen LogP contribution in [0.3, 0.4) is 0 Å². The van der Waals surface area contributed by atoms with Crippen LogP contribution in [0.1, 0.15) is 21.5 Å². The van der Waals surface area contributed by atoms with Gasteiger partial charge in [-0.3, -0.25) is 25.0 Å². The van der Waals surface area contributed by atoms with E-state index in [9.17, 15) is 25.0 Å². The number of nitrogens with one attached hydrogen (secondary N) is 1. The number of methoxy groups -OCH3 is 1. The van der Waals surface area contributed by atoms with Crippen molar-refractivity contribution < 1.29 is 19.4 Å². The fourth-order valence-corrected chi connectivity index (χ4v) is 2.26. The number of carbonyl (C=O) groups excluding carboxylic acids is 1. The lowest BCUT2D eigenvalue weighted by Gasteiger charge is -2.08. The molecule has 2 aromatic carbocycles. The predicted octanol–water partition coefficient (Wildman–Crippen LogP) is 2.75. The molecule has 0 radical (unpaired) electrons. The summed E-state index contributed by atoms with van der Waals surface area (Å²) in [5.74, 6) is -0.0256. The second-order valence-corrected chi connectivity index (χ2v) is 5.19. The topological polar surface area (TPSA) is 125 Å². The van der Waals surface area contributed by atoms with Gasteiger partial charge in [0.25, 0.3) is 17.3 Å². The average molecular weight is 345 g/mol. The first-order valence-electron chi connectivity index (χ1n) is 7.18. The summed E-state index contributed by atoms with van der Waals surface area (Å²) < 4.78 is 5.08. The molecule has 2 aromatic rings. The highest BCUT2D eigenvalue weighted by molar-refractivity contribution is 5.96. The molecule has 0 aromatic heterocycles. The maximum absolute atomic E-state index is 12.2. The highest BCUT2D eigenvalue weighted by atomic mass is 16.6. The quantitative estimate of drug-likeness (QED) is 0.634. The number of hydrogen-bond acceptors (Lipinski definition) is 6. The Hall–Kier alpha value is -3.49. The van der Waals surface area contributed by atoms with E-state index in [0.29, 0.717) is 5.75 Å². The minimum absolute atomic E-state index is 0.0978. The van der Waals surface area contributed by atoms with Crippen LogP contribution < -0.4 is 10.1 Å². The lowest BCUT2D eigenvalue weighted by atomic mass is 10.1. The van der Waals surface area contributed by atoms with E-state index in [1.54, 1.807) is 24.3 Å². The van der Waals surface area contributed by atoms with Crippen LogP contribution in [0.2, 0.25) is 0 Å². The minimum atomic E-state index is -0.749. The monoisotopic (exact) mass is 345 g/mol. The maximum atomic E-state index is 12.2. The Balaban J connectivity index is 2.26. The summed E-state index contributed by atoms with van der Waals surface area (Å²) in [4.78, 5) is 32.9. The van der Waals surface area contributed by atoms with Crippen LogP contribution in [0.15, 0.2) is 36.4 Å². The molecule has 0 atom stereocenters. The fraction of sp³-hybridized carbons (Fsp3) is 0.188. The van der Waals surface area contributed by atoms with Gasteiger partial charge in [0.1, 0.15) is 11.3 Å². The molecule has 0 unspecified atom stereocenters. The molecule has 0 fully saturated rings. The second kappa shape index (κ2) is 7.39. The summed E-state index contributed by atoms with van der Waals surface area (Å²) in [6.45, 7) is 1.42. The number of rotatable bonds is 6. The molecule has 0 aliphatic carbocycles. The van der Waals surface area contributed by atoms with Crippen LogP contribution in [0.25, 0.3) is 0 Å². The number of carbonyl (C=O) groups is 1. The molecule has 1 N–H and O–H groups in total. The van der Waals surface area contributed by atoms with Crippen molar-refractivity contribution in [3.05, 3.63) is 73.3 Å². The molecule has 0 saturated carbocycles. The molecule has 0 aliphatic rings. The Morgan fingerprint density at radius 1 is 1.12 bits per heavy atom. The van der Waals surface area contributed by atoms with E-state index >= 15 is 0 Å². The Labute approximate surface area is 142 Å². The van der Waals surface area contributed by atoms with Crippen LogP contribution in [0, 0.1) is 27.2 Å². The van der Waals surface area contributed by atoms with Crippen molar-refractivity contribution in [2.24, 2.45) is 0 Å². The highest BCUT2D eigenvalue weighted by Crippen LogP contribution is 2.29. The number of ether oxygens (including phenoxy) is 1. The van der Waals surface area contributed by atoms with E-state index in [0.717, 1.165) is 17.7 Å². The maximum Gasteiger partial charge on any atom is 0.279 e. The third kappa shape index (κ3) is 4.08. The van der Waals surface area contributed by atoms with E-state index < -0.39 is 27.1 Å². The third-order valence-electron chi connectivity index (χ3n) is 3.60. The molecule has 2 rings (SSSR count). The predicted molar refractivity (Wildman–Crippen MR) is 88.7 cm³/mol. The van der Waals surface area contributed by atoms with E-state index in [-0.39, 0.29) is 17.7 Å². The number of amides is 1. The summed E-state index contributed by atoms with van der Waals surface area (Å²) >= 11 is 0. The van der Waals surface area contributed by atoms with E-state index in [4.69, 9.17) is 4.74 Å². The average Bonchev–Trinajstić information content (AvgIpc) is 2.59. The van der Waals surface area contributed by atoms with Gasteiger partial charge in [0.15, 0.2) is 0 Å². The number of benzene rings is 2. The summed E-state index contributed by atoms with van der Waals surface area (Å²) in [5, 5.41) is 24.7. The first-order valence-corrected chi connectivity index (χ1v) is 7.18. The highest BCUT2D eigenvalue weighted by Gasteiger charge is 2.25. The molecule has 130 valence electrons. The molecule has 0 heterocycles. The molecule has 9 heteroatoms. The van der Waals surface area contributed by atoms with Gasteiger partial charge < -0.3 is 10.1 Å². The van der Waals surface area contributed by atoms with Gasteiger partial charge in [0, 0.05) is 18.7 Å². The van der Waals surface area contributed by atoms with E-state index in [1.807, 2.05) is 0 Å². The summed E-state index contributed by atoms with van der Waals surface area (Å²) in [5.41, 5.74) is -0.434. The normalized spacial score (nSPS) is 10.2. The van der Waals surface area contributed by atoms with Gasteiger partial charge in [-0.05, 0) is 24.6 Å². The Bertz CT molecular complexity index is 815. The summed E-state index contributed by atoms with van der Waals surface area (Å²) in [6, 6.07) is 9.05. The van der Waals surface area contributed by atoms with Gasteiger partial charge in [-0.15, -0.1) is 0 Å². The van der Waals surface area contributed by atoms with Gasteiger partial charge in [-0.2, -0.15) is 0 Å². The lowest BCUT2D eigenvalue weighted by molar-refractivity contribution is -0.395. The van der Waals surface area contributed by atoms with Crippen molar-refractivity contribution in [1.82, 2.24) is 5.32 Å². The zero-order valence-corrected chi connectivity index (χ0v) is 13.5. The Morgan fingerprint density at radius 3 is 2.24 bits per heavy atom. The zero-order chi connectivity index (χ0) is 18.6. The largest absolute Gasteiger partial charge is 0.497 e. The first kappa shape index (κ1) is 17.9. The summed E-state index contributed by atoms with van der Waals surface area (Å²) in [7, 11) is 1.52. The molecular weight excluding hydrogens is 330 g/mol. The smallest absolute Gasteiger partial charge is 0.279 e. The summed E-state index contributed by atoms with van der Waals surface area (Å²) in [6.07, 6.45) is 0. The van der Waals surface area contributed by atoms with Crippen molar-refractivity contribution in [2.75, 3.05) is 7.11 Å². The van der Waals surface area contributed by atoms with Gasteiger partial charge in [0.05, 0.1) is 22.5 Å². The second-order valence-electron chi connectivity index (χ2n) is 5.19. The number of nitro groups is 2. The van der Waals surface area contributed by atoms with E-state index in [2.05, 4.69) is 5.32 Å². The van der Waals surface area contributed by atoms with Crippen molar-refractivity contribution in [3.8, 4) is 5.75 Å². The molecule has 9 nitrogen and oxygen atoms in total. The van der Waals surface area contributed by atoms with Gasteiger partial charge in [-0.1, -0.05) is 12.1 Å². The van der Waals surface area contributed by atoms with Gasteiger partial charge >= 0.3 is 0 Å². The SMILES string of the molecule is COc1cccc(CNC(=O)c2cc([N+](=O)[O-])c(C)c([N+](=O)[O-])c2)c1. The van der Waals surface area contributed by atoms with Crippen LogP contribution in [0.4, 0.5) is 11.4 Å². The molecular formula is C16H15N3O6. The standard InChI is InChI=1S/C16H15N3O6/c1-10-14(18(21)22)7-12(8-15(10)19(23)24)16(20)17-9-11-4-3-5-13(6-11)25-2/h3-8H,9H2,1-2H3,(H,17,20). The molecule has 0 spiro atoms. The molecule has 0 saturated heterocycles. The lowest BCUT2D eigenvalue weighted by Crippen LogP contribution is -2.23. The molecule has 0 aliphatic heterocycles. The number of nitro benzene ring substituents is 2. The number of nitrogens with zero attached hydrogens (tertiary/aromatic N) is 2. The van der Waals surface area contributed by atoms with Crippen LogP contribution in [0.5, 0.6) is 5.75 Å². The van der Waals surface area contributed by atoms with Crippen molar-refractivity contribution >= 4 is 17.3 Å². The Morgan fingerprint density at radius 2 is 1.72 bits per heavy atom. The van der Waals surface area contributed by atoms with Gasteiger partial charge in [0.2, 0.25) is 0 Å². The zero-order valence-electron chi connectivity index (χ0n) is 13.5. The molecule has 25 heavy (non-hydrogen) atoms. The van der Waals surface area contributed by atoms with Gasteiger partial charge in [-0.25, -0.2) is 0 Å². The molecule has 0 bridgehead atoms. The number of hydrogen-bond donors (Lipinski definition) is 1. The third-order valence-corrected chi connectivity index (χ3v) is 3.60. The van der Waals surface area contributed by atoms with Crippen molar-refractivity contribution in [3.63, 3.8) is 0 Å². The van der Waals surface area contributed by atoms with Crippen LogP contribution in [-0.2, 0) is 6.54 Å². The minimum Gasteiger partial charge on any atom is -0.497 e. The first-order chi connectivity index (χ1) is 11.8. The fourth-order valence-electron chi connectivity index (χ4n) is 2.26. The molecule has 1 amide bonds. The van der Waals surface area contributed by atoms with Crippen LogP contribution >= 0.6 is 0 Å². The van der Waals surface area contributed by atoms with Crippen molar-refractivity contribution in [2.45, 2.75) is 13.5 Å². The van der Waals surface area contributed by atoms with Crippen molar-refractivity contribution in [1.29, 1.82) is 0 Å². The Kier molecular flexibility index (Phi) is 5.28. The van der Waals surface area contributed by atoms with E-state index in [1.165, 1.54) is 14.0 Å².